The van der Waals surface area contributed by atoms with Gasteiger partial charge in [-0.3, -0.25) is 9.69 Å². The van der Waals surface area contributed by atoms with Gasteiger partial charge in [-0.15, -0.1) is 0 Å². The van der Waals surface area contributed by atoms with Gasteiger partial charge in [0.2, 0.25) is 5.91 Å². The van der Waals surface area contributed by atoms with E-state index in [2.05, 4.69) is 41.4 Å². The summed E-state index contributed by atoms with van der Waals surface area (Å²) in [6.45, 7) is 4.99. The highest BCUT2D eigenvalue weighted by molar-refractivity contribution is 6.02. The zero-order valence-corrected chi connectivity index (χ0v) is 13.5. The molecule has 0 radical (unpaired) electrons. The van der Waals surface area contributed by atoms with Crippen molar-refractivity contribution >= 4 is 11.5 Å². The van der Waals surface area contributed by atoms with E-state index in [0.29, 0.717) is 6.04 Å². The number of rotatable bonds is 4. The molecule has 1 aromatic carbocycles. The number of hydrogen-bond acceptors (Lipinski definition) is 2. The van der Waals surface area contributed by atoms with Crippen molar-refractivity contribution in [2.75, 3.05) is 19.6 Å². The summed E-state index contributed by atoms with van der Waals surface area (Å²) in [4.78, 5) is 15.2. The molecule has 1 aliphatic heterocycles. The van der Waals surface area contributed by atoms with Crippen molar-refractivity contribution in [3.63, 3.8) is 0 Å². The van der Waals surface area contributed by atoms with E-state index < -0.39 is 0 Å². The molecule has 0 atom stereocenters. The van der Waals surface area contributed by atoms with Crippen molar-refractivity contribution in [1.29, 1.82) is 0 Å². The fraction of sp³-hybridized carbons (Fsp3) is 0.526. The van der Waals surface area contributed by atoms with Gasteiger partial charge in [-0.1, -0.05) is 50.1 Å². The Kier molecular flexibility index (Phi) is 4.94. The summed E-state index contributed by atoms with van der Waals surface area (Å²) in [5, 5.41) is 3.27. The van der Waals surface area contributed by atoms with E-state index in [1.807, 2.05) is 6.07 Å². The molecule has 0 bridgehead atoms. The Morgan fingerprint density at radius 1 is 1.23 bits per heavy atom. The molecule has 1 aromatic rings. The third-order valence-electron chi connectivity index (χ3n) is 4.96. The Morgan fingerprint density at radius 2 is 1.95 bits per heavy atom. The molecule has 3 rings (SSSR count). The maximum absolute atomic E-state index is 12.8. The minimum Gasteiger partial charge on any atom is -0.350 e. The summed E-state index contributed by atoms with van der Waals surface area (Å²) in [5.41, 5.74) is 3.42. The Hall–Kier alpha value is -1.61. The lowest BCUT2D eigenvalue weighted by molar-refractivity contribution is -0.118. The maximum atomic E-state index is 12.8. The molecule has 0 unspecified atom stereocenters. The number of nitrogens with zero attached hydrogens (tertiary/aromatic N) is 1. The predicted molar refractivity (Wildman–Crippen MR) is 90.5 cm³/mol. The molecule has 1 heterocycles. The van der Waals surface area contributed by atoms with Crippen LogP contribution in [0.5, 0.6) is 0 Å². The van der Waals surface area contributed by atoms with Gasteiger partial charge in [-0.05, 0) is 36.9 Å². The Labute approximate surface area is 133 Å². The topological polar surface area (TPSA) is 32.3 Å². The van der Waals surface area contributed by atoms with E-state index >= 15 is 0 Å². The molecule has 1 saturated carbocycles. The molecule has 118 valence electrons. The number of likely N-dealkylation sites (N-methyl/N-ethyl adjacent to an activating group) is 1. The van der Waals surface area contributed by atoms with E-state index in [1.54, 1.807) is 0 Å². The van der Waals surface area contributed by atoms with Gasteiger partial charge in [-0.2, -0.15) is 0 Å². The first kappa shape index (κ1) is 15.3. The van der Waals surface area contributed by atoms with Crippen LogP contribution >= 0.6 is 0 Å². The first-order valence-electron chi connectivity index (χ1n) is 8.58. The monoisotopic (exact) mass is 298 g/mol. The number of amides is 1. The quantitative estimate of drug-likeness (QED) is 0.925. The molecule has 22 heavy (non-hydrogen) atoms. The normalized spacial score (nSPS) is 20.4. The lowest BCUT2D eigenvalue weighted by Crippen LogP contribution is -2.40. The molecular weight excluding hydrogens is 272 g/mol. The fourth-order valence-electron chi connectivity index (χ4n) is 3.60. The molecule has 0 aromatic heterocycles. The molecule has 0 spiro atoms. The molecule has 3 heteroatoms. The van der Waals surface area contributed by atoms with Crippen molar-refractivity contribution in [2.45, 2.75) is 45.1 Å². The van der Waals surface area contributed by atoms with E-state index in [-0.39, 0.29) is 5.91 Å². The highest BCUT2D eigenvalue weighted by Crippen LogP contribution is 2.28. The first-order chi connectivity index (χ1) is 10.8. The molecule has 1 aliphatic carbocycles. The van der Waals surface area contributed by atoms with Crippen LogP contribution in [0.15, 0.2) is 35.9 Å². The van der Waals surface area contributed by atoms with Crippen LogP contribution in [0.1, 0.15) is 44.6 Å². The van der Waals surface area contributed by atoms with E-state index in [0.717, 1.165) is 44.5 Å². The van der Waals surface area contributed by atoms with Gasteiger partial charge in [0.05, 0.1) is 0 Å². The first-order valence-corrected chi connectivity index (χ1v) is 8.58. The summed E-state index contributed by atoms with van der Waals surface area (Å²) >= 11 is 0. The van der Waals surface area contributed by atoms with Crippen LogP contribution in [-0.4, -0.2) is 36.5 Å². The van der Waals surface area contributed by atoms with Gasteiger partial charge < -0.3 is 5.32 Å². The van der Waals surface area contributed by atoms with Gasteiger partial charge in [0.15, 0.2) is 0 Å². The van der Waals surface area contributed by atoms with Crippen molar-refractivity contribution in [3.8, 4) is 0 Å². The predicted octanol–water partition coefficient (Wildman–Crippen LogP) is 3.22. The average Bonchev–Trinajstić information content (AvgIpc) is 3.08. The van der Waals surface area contributed by atoms with Gasteiger partial charge in [0, 0.05) is 24.7 Å². The SMILES string of the molecule is CCN1CCC(c2ccccc2)=C(C(=O)NC2CCCC2)C1. The van der Waals surface area contributed by atoms with Gasteiger partial charge in [0.25, 0.3) is 0 Å². The molecule has 0 saturated heterocycles. The van der Waals surface area contributed by atoms with Crippen LogP contribution in [0.25, 0.3) is 5.57 Å². The number of hydrogen-bond donors (Lipinski definition) is 1. The largest absolute Gasteiger partial charge is 0.350 e. The second-order valence-electron chi connectivity index (χ2n) is 6.40. The molecule has 1 amide bonds. The molecule has 1 N–H and O–H groups in total. The second kappa shape index (κ2) is 7.10. The zero-order chi connectivity index (χ0) is 15.4. The van der Waals surface area contributed by atoms with Crippen molar-refractivity contribution < 1.29 is 4.79 Å². The number of carbonyl (C=O) groups excluding carboxylic acids is 1. The van der Waals surface area contributed by atoms with Crippen molar-refractivity contribution in [1.82, 2.24) is 10.2 Å². The molecular formula is C19H26N2O. The number of nitrogens with one attached hydrogen (secondary N) is 1. The highest BCUT2D eigenvalue weighted by Gasteiger charge is 2.26. The van der Waals surface area contributed by atoms with Crippen LogP contribution in [0.4, 0.5) is 0 Å². The van der Waals surface area contributed by atoms with Crippen molar-refractivity contribution in [2.24, 2.45) is 0 Å². The number of carbonyl (C=O) groups is 1. The van der Waals surface area contributed by atoms with Crippen LogP contribution in [-0.2, 0) is 4.79 Å². The standard InChI is InChI=1S/C19H26N2O/c1-2-21-13-12-17(15-8-4-3-5-9-15)18(14-21)19(22)20-16-10-6-7-11-16/h3-5,8-9,16H,2,6-7,10-14H2,1H3,(H,20,22). The minimum absolute atomic E-state index is 0.156. The number of benzene rings is 1. The van der Waals surface area contributed by atoms with Gasteiger partial charge in [-0.25, -0.2) is 0 Å². The third kappa shape index (κ3) is 3.41. The lowest BCUT2D eigenvalue weighted by atomic mass is 9.92. The average molecular weight is 298 g/mol. The lowest BCUT2D eigenvalue weighted by Gasteiger charge is -2.30. The Bertz CT molecular complexity index is 544. The molecule has 1 fully saturated rings. The van der Waals surface area contributed by atoms with Crippen LogP contribution in [0, 0.1) is 0 Å². The van der Waals surface area contributed by atoms with E-state index in [9.17, 15) is 4.79 Å². The molecule has 3 nitrogen and oxygen atoms in total. The van der Waals surface area contributed by atoms with Gasteiger partial charge in [0.1, 0.15) is 0 Å². The third-order valence-corrected chi connectivity index (χ3v) is 4.96. The zero-order valence-electron chi connectivity index (χ0n) is 13.5. The smallest absolute Gasteiger partial charge is 0.249 e. The van der Waals surface area contributed by atoms with E-state index in [4.69, 9.17) is 0 Å². The van der Waals surface area contributed by atoms with Crippen LogP contribution in [0.3, 0.4) is 0 Å². The fourth-order valence-corrected chi connectivity index (χ4v) is 3.60. The van der Waals surface area contributed by atoms with Crippen LogP contribution in [0.2, 0.25) is 0 Å². The maximum Gasteiger partial charge on any atom is 0.249 e. The summed E-state index contributed by atoms with van der Waals surface area (Å²) in [7, 11) is 0. The molecule has 2 aliphatic rings. The van der Waals surface area contributed by atoms with E-state index in [1.165, 1.54) is 24.0 Å². The minimum atomic E-state index is 0.156. The van der Waals surface area contributed by atoms with Crippen LogP contribution < -0.4 is 5.32 Å². The van der Waals surface area contributed by atoms with Crippen molar-refractivity contribution in [3.05, 3.63) is 41.5 Å². The summed E-state index contributed by atoms with van der Waals surface area (Å²) in [6.07, 6.45) is 5.73. The summed E-state index contributed by atoms with van der Waals surface area (Å²) in [6, 6.07) is 10.8. The highest BCUT2D eigenvalue weighted by atomic mass is 16.1. The van der Waals surface area contributed by atoms with Gasteiger partial charge >= 0.3 is 0 Å². The summed E-state index contributed by atoms with van der Waals surface area (Å²) < 4.78 is 0. The second-order valence-corrected chi connectivity index (χ2v) is 6.40. The summed E-state index contributed by atoms with van der Waals surface area (Å²) in [5.74, 6) is 0.156. The Morgan fingerprint density at radius 3 is 2.64 bits per heavy atom. The Balaban J connectivity index is 1.85.